The van der Waals surface area contributed by atoms with Crippen LogP contribution in [0.15, 0.2) is 255 Å². The van der Waals surface area contributed by atoms with Crippen LogP contribution in [-0.4, -0.2) is 19.6 Å². The lowest BCUT2D eigenvalue weighted by Gasteiger charge is -2.18. The van der Waals surface area contributed by atoms with Crippen LogP contribution in [0.3, 0.4) is 0 Å². The number of fused-ring (bicyclic) bond motifs is 3. The molecule has 0 radical (unpaired) electrons. The van der Waals surface area contributed by atoms with Crippen LogP contribution in [0.1, 0.15) is 0 Å². The third-order valence-electron chi connectivity index (χ3n) is 12.7. The fourth-order valence-electron chi connectivity index (χ4n) is 9.39. The summed E-state index contributed by atoms with van der Waals surface area (Å²) >= 11 is 0. The number of benzene rings is 9. The first-order valence-electron chi connectivity index (χ1n) is 22.7. The summed E-state index contributed by atoms with van der Waals surface area (Å²) < 4.78 is 2.20. The molecule has 3 aromatic heterocycles. The van der Waals surface area contributed by atoms with Gasteiger partial charge >= 0.3 is 0 Å². The van der Waals surface area contributed by atoms with Crippen LogP contribution in [0.5, 0.6) is 0 Å². The SMILES string of the molecule is c1ccc(-c2ccc(-c3cc(-c4ccccc4)nc(-c4ccc(-c5ccc(-c6c(-c7ccccc7)n7nc(-c8ccccc8)c(-c8ccccc8)c7c7ccccc67)cc5)cc4)n3)cc2)cc1. The van der Waals surface area contributed by atoms with Crippen molar-refractivity contribution in [3.63, 3.8) is 0 Å². The molecule has 0 bridgehead atoms. The summed E-state index contributed by atoms with van der Waals surface area (Å²) in [6.45, 7) is 0. The van der Waals surface area contributed by atoms with Crippen molar-refractivity contribution in [2.45, 2.75) is 0 Å². The molecule has 0 atom stereocenters. The molecule has 12 aromatic rings. The molecule has 314 valence electrons. The molecule has 0 unspecified atom stereocenters. The number of hydrogen-bond donors (Lipinski definition) is 0. The minimum absolute atomic E-state index is 0.686. The predicted octanol–water partition coefficient (Wildman–Crippen LogP) is 16.3. The van der Waals surface area contributed by atoms with Crippen LogP contribution in [0.2, 0.25) is 0 Å². The molecule has 0 aliphatic rings. The number of nitrogens with zero attached hydrogens (tertiary/aromatic N) is 4. The molecule has 4 heteroatoms. The van der Waals surface area contributed by atoms with E-state index in [-0.39, 0.29) is 0 Å². The predicted molar refractivity (Wildman–Crippen MR) is 277 cm³/mol. The van der Waals surface area contributed by atoms with E-state index in [0.717, 1.165) is 94.9 Å². The van der Waals surface area contributed by atoms with Crippen molar-refractivity contribution in [2.75, 3.05) is 0 Å². The van der Waals surface area contributed by atoms with E-state index in [1.165, 1.54) is 16.5 Å². The first-order chi connectivity index (χ1) is 33.2. The smallest absolute Gasteiger partial charge is 0.160 e. The van der Waals surface area contributed by atoms with E-state index in [2.05, 4.69) is 247 Å². The van der Waals surface area contributed by atoms with Crippen molar-refractivity contribution in [1.82, 2.24) is 19.6 Å². The van der Waals surface area contributed by atoms with Crippen molar-refractivity contribution < 1.29 is 0 Å². The summed E-state index contributed by atoms with van der Waals surface area (Å²) in [7, 11) is 0. The zero-order valence-corrected chi connectivity index (χ0v) is 36.5. The molecule has 0 aliphatic heterocycles. The zero-order valence-electron chi connectivity index (χ0n) is 36.5. The first-order valence-corrected chi connectivity index (χ1v) is 22.7. The maximum atomic E-state index is 5.54. The van der Waals surface area contributed by atoms with Crippen LogP contribution < -0.4 is 0 Å². The minimum atomic E-state index is 0.686. The summed E-state index contributed by atoms with van der Waals surface area (Å²) in [4.78, 5) is 10.3. The molecule has 67 heavy (non-hydrogen) atoms. The lowest BCUT2D eigenvalue weighted by atomic mass is 9.90. The highest BCUT2D eigenvalue weighted by Gasteiger charge is 2.25. The van der Waals surface area contributed by atoms with Crippen LogP contribution in [0.4, 0.5) is 0 Å². The summed E-state index contributed by atoms with van der Waals surface area (Å²) in [5.41, 5.74) is 19.2. The number of pyridine rings is 1. The van der Waals surface area contributed by atoms with Crippen molar-refractivity contribution >= 4 is 16.3 Å². The Morgan fingerprint density at radius 1 is 0.269 bits per heavy atom. The molecule has 0 fully saturated rings. The molecule has 0 saturated heterocycles. The van der Waals surface area contributed by atoms with Gasteiger partial charge in [0, 0.05) is 44.3 Å². The second kappa shape index (κ2) is 17.2. The van der Waals surface area contributed by atoms with Crippen LogP contribution >= 0.6 is 0 Å². The van der Waals surface area contributed by atoms with Gasteiger partial charge in [-0.05, 0) is 44.8 Å². The van der Waals surface area contributed by atoms with Gasteiger partial charge < -0.3 is 0 Å². The molecule has 0 saturated carbocycles. The average Bonchev–Trinajstić information content (AvgIpc) is 3.83. The van der Waals surface area contributed by atoms with Gasteiger partial charge in [-0.1, -0.05) is 249 Å². The molecule has 0 spiro atoms. The molecule has 0 N–H and O–H groups in total. The minimum Gasteiger partial charge on any atom is -0.231 e. The van der Waals surface area contributed by atoms with Gasteiger partial charge in [-0.25, -0.2) is 14.5 Å². The zero-order chi connectivity index (χ0) is 44.5. The average molecular weight is 855 g/mol. The maximum absolute atomic E-state index is 5.54. The van der Waals surface area contributed by atoms with E-state index in [9.17, 15) is 0 Å². The van der Waals surface area contributed by atoms with Gasteiger partial charge in [0.15, 0.2) is 5.82 Å². The Bertz CT molecular complexity index is 3660. The number of rotatable bonds is 9. The Kier molecular flexibility index (Phi) is 10.2. The molecule has 0 aliphatic carbocycles. The van der Waals surface area contributed by atoms with Gasteiger partial charge in [0.1, 0.15) is 5.69 Å². The van der Waals surface area contributed by atoms with Gasteiger partial charge in [-0.15, -0.1) is 0 Å². The van der Waals surface area contributed by atoms with Crippen molar-refractivity contribution in [3.8, 4) is 101 Å². The Labute approximate surface area is 389 Å². The largest absolute Gasteiger partial charge is 0.231 e. The van der Waals surface area contributed by atoms with Gasteiger partial charge in [0.05, 0.1) is 22.6 Å². The standard InChI is InChI=1S/C63H42N4/c1-6-18-43(19-7-1)44-30-36-48(37-31-44)57-42-56(47-20-8-2-9-21-47)64-63(65-57)53-40-34-46(35-41-53)45-32-38-50(39-33-45)58-54-28-16-17-29-55(54)62-59(49-22-10-3-11-23-49)60(51-24-12-4-13-25-51)66-67(62)61(58)52-26-14-5-15-27-52/h1-42H. The third kappa shape index (κ3) is 7.47. The topological polar surface area (TPSA) is 43.1 Å². The molecule has 4 nitrogen and oxygen atoms in total. The second-order valence-corrected chi connectivity index (χ2v) is 16.8. The van der Waals surface area contributed by atoms with E-state index in [1.807, 2.05) is 12.1 Å². The van der Waals surface area contributed by atoms with Crippen LogP contribution in [-0.2, 0) is 0 Å². The molecule has 3 heterocycles. The summed E-state index contributed by atoms with van der Waals surface area (Å²) in [6.07, 6.45) is 0. The van der Waals surface area contributed by atoms with Crippen LogP contribution in [0.25, 0.3) is 117 Å². The molecular formula is C63H42N4. The fourth-order valence-corrected chi connectivity index (χ4v) is 9.39. The molecule has 9 aromatic carbocycles. The Morgan fingerprint density at radius 2 is 0.627 bits per heavy atom. The van der Waals surface area contributed by atoms with Crippen molar-refractivity contribution in [2.24, 2.45) is 0 Å². The van der Waals surface area contributed by atoms with E-state index >= 15 is 0 Å². The van der Waals surface area contributed by atoms with E-state index in [0.29, 0.717) is 5.82 Å². The molecule has 0 amide bonds. The molecular weight excluding hydrogens is 813 g/mol. The Hall–Kier alpha value is -8.99. The van der Waals surface area contributed by atoms with E-state index in [1.54, 1.807) is 0 Å². The second-order valence-electron chi connectivity index (χ2n) is 16.8. The molecule has 12 rings (SSSR count). The monoisotopic (exact) mass is 854 g/mol. The van der Waals surface area contributed by atoms with E-state index < -0.39 is 0 Å². The highest BCUT2D eigenvalue weighted by molar-refractivity contribution is 6.15. The van der Waals surface area contributed by atoms with Gasteiger partial charge in [-0.2, -0.15) is 5.10 Å². The lowest BCUT2D eigenvalue weighted by molar-refractivity contribution is 0.981. The van der Waals surface area contributed by atoms with E-state index in [4.69, 9.17) is 15.1 Å². The van der Waals surface area contributed by atoms with Crippen LogP contribution in [0, 0.1) is 0 Å². The number of hydrogen-bond acceptors (Lipinski definition) is 3. The van der Waals surface area contributed by atoms with Gasteiger partial charge in [-0.3, -0.25) is 0 Å². The van der Waals surface area contributed by atoms with Crippen molar-refractivity contribution in [3.05, 3.63) is 255 Å². The lowest BCUT2D eigenvalue weighted by Crippen LogP contribution is -2.00. The highest BCUT2D eigenvalue weighted by atomic mass is 15.2. The van der Waals surface area contributed by atoms with Crippen molar-refractivity contribution in [1.29, 1.82) is 0 Å². The fraction of sp³-hybridized carbons (Fsp3) is 0. The first kappa shape index (κ1) is 39.6. The summed E-state index contributed by atoms with van der Waals surface area (Å²) in [5, 5.41) is 7.86. The van der Waals surface area contributed by atoms with Gasteiger partial charge in [0.2, 0.25) is 0 Å². The maximum Gasteiger partial charge on any atom is 0.160 e. The quantitative estimate of drug-likeness (QED) is 0.145. The number of aromatic nitrogens is 4. The Morgan fingerprint density at radius 3 is 1.16 bits per heavy atom. The third-order valence-corrected chi connectivity index (χ3v) is 12.7. The summed E-state index contributed by atoms with van der Waals surface area (Å²) in [6, 6.07) is 89.8. The highest BCUT2D eigenvalue weighted by Crippen LogP contribution is 2.46. The summed E-state index contributed by atoms with van der Waals surface area (Å²) in [5.74, 6) is 0.686. The van der Waals surface area contributed by atoms with Gasteiger partial charge in [0.25, 0.3) is 0 Å². The normalized spacial score (nSPS) is 11.3. The Balaban J connectivity index is 0.947.